The molecule has 0 aliphatic heterocycles. The molecule has 1 N–H and O–H groups in total. The van der Waals surface area contributed by atoms with E-state index in [9.17, 15) is 15.2 Å². The maximum Gasteiger partial charge on any atom is 0.412 e. The summed E-state index contributed by atoms with van der Waals surface area (Å²) >= 11 is 3.47. The first-order valence-corrected chi connectivity index (χ1v) is 7.46. The summed E-state index contributed by atoms with van der Waals surface area (Å²) < 4.78 is 0.658. The summed E-state index contributed by atoms with van der Waals surface area (Å²) in [5.41, 5.74) is 1.04. The van der Waals surface area contributed by atoms with Gasteiger partial charge in [0.2, 0.25) is 0 Å². The molecule has 114 valence electrons. The SMILES string of the molecule is CC(C)(C)c1c(N(C(=O)O)C(C)(C)C)ccc(C#N)c1Br. The molecule has 0 radical (unpaired) electrons. The van der Waals surface area contributed by atoms with Crippen LogP contribution in [0.1, 0.15) is 52.7 Å². The van der Waals surface area contributed by atoms with Gasteiger partial charge in [0.1, 0.15) is 6.07 Å². The zero-order valence-corrected chi connectivity index (χ0v) is 14.9. The average Bonchev–Trinajstić information content (AvgIpc) is 2.24. The van der Waals surface area contributed by atoms with Gasteiger partial charge in [-0.25, -0.2) is 4.79 Å². The highest BCUT2D eigenvalue weighted by Gasteiger charge is 2.34. The van der Waals surface area contributed by atoms with Crippen LogP contribution in [-0.2, 0) is 5.41 Å². The summed E-state index contributed by atoms with van der Waals surface area (Å²) in [5.74, 6) is 0. The normalized spacial score (nSPS) is 11.9. The minimum Gasteiger partial charge on any atom is -0.465 e. The highest BCUT2D eigenvalue weighted by molar-refractivity contribution is 9.10. The number of hydrogen-bond acceptors (Lipinski definition) is 2. The van der Waals surface area contributed by atoms with Gasteiger partial charge in [-0.3, -0.25) is 4.90 Å². The van der Waals surface area contributed by atoms with Crippen LogP contribution in [0.4, 0.5) is 10.5 Å². The molecule has 0 saturated heterocycles. The molecule has 0 fully saturated rings. The molecule has 0 bridgehead atoms. The van der Waals surface area contributed by atoms with Crippen LogP contribution >= 0.6 is 15.9 Å². The van der Waals surface area contributed by atoms with E-state index in [-0.39, 0.29) is 5.41 Å². The second kappa shape index (κ2) is 5.69. The molecule has 0 heterocycles. The predicted molar refractivity (Wildman–Crippen MR) is 87.8 cm³/mol. The Bertz CT molecular complexity index is 604. The van der Waals surface area contributed by atoms with E-state index >= 15 is 0 Å². The maximum atomic E-state index is 11.7. The lowest BCUT2D eigenvalue weighted by Crippen LogP contribution is -2.46. The van der Waals surface area contributed by atoms with E-state index in [4.69, 9.17) is 0 Å². The van der Waals surface area contributed by atoms with Gasteiger partial charge in [0, 0.05) is 10.0 Å². The Kier molecular flexibility index (Phi) is 4.74. The lowest BCUT2D eigenvalue weighted by atomic mass is 9.83. The van der Waals surface area contributed by atoms with Crippen LogP contribution < -0.4 is 4.90 Å². The van der Waals surface area contributed by atoms with E-state index in [2.05, 4.69) is 22.0 Å². The maximum absolute atomic E-state index is 11.7. The van der Waals surface area contributed by atoms with Crippen molar-refractivity contribution in [2.75, 3.05) is 4.90 Å². The number of anilines is 1. The molecule has 0 aromatic heterocycles. The molecule has 1 aromatic carbocycles. The molecule has 5 heteroatoms. The van der Waals surface area contributed by atoms with E-state index in [1.54, 1.807) is 12.1 Å². The number of halogens is 1. The van der Waals surface area contributed by atoms with Crippen molar-refractivity contribution in [1.82, 2.24) is 0 Å². The van der Waals surface area contributed by atoms with Gasteiger partial charge in [0.25, 0.3) is 0 Å². The number of benzene rings is 1. The molecule has 1 rings (SSSR count). The first-order valence-electron chi connectivity index (χ1n) is 6.67. The van der Waals surface area contributed by atoms with Crippen molar-refractivity contribution in [1.29, 1.82) is 5.26 Å². The minimum atomic E-state index is -1.01. The molecule has 0 spiro atoms. The number of hydrogen-bond donors (Lipinski definition) is 1. The summed E-state index contributed by atoms with van der Waals surface area (Å²) in [5, 5.41) is 18.8. The van der Waals surface area contributed by atoms with Crippen molar-refractivity contribution in [3.8, 4) is 6.07 Å². The van der Waals surface area contributed by atoms with Crippen molar-refractivity contribution in [2.45, 2.75) is 52.5 Å². The fraction of sp³-hybridized carbons (Fsp3) is 0.500. The number of rotatable bonds is 1. The molecule has 0 unspecified atom stereocenters. The highest BCUT2D eigenvalue weighted by Crippen LogP contribution is 2.41. The summed E-state index contributed by atoms with van der Waals surface area (Å²) in [6.45, 7) is 11.5. The van der Waals surface area contributed by atoms with Crippen LogP contribution in [0.5, 0.6) is 0 Å². The topological polar surface area (TPSA) is 64.3 Å². The zero-order chi connectivity index (χ0) is 16.6. The Balaban J connectivity index is 3.76. The lowest BCUT2D eigenvalue weighted by Gasteiger charge is -2.37. The molecule has 1 aromatic rings. The van der Waals surface area contributed by atoms with Crippen molar-refractivity contribution in [3.63, 3.8) is 0 Å². The largest absolute Gasteiger partial charge is 0.465 e. The summed E-state index contributed by atoms with van der Waals surface area (Å²) in [6, 6.07) is 5.49. The van der Waals surface area contributed by atoms with Crippen LogP contribution in [0.25, 0.3) is 0 Å². The Labute approximate surface area is 134 Å². The smallest absolute Gasteiger partial charge is 0.412 e. The number of carbonyl (C=O) groups is 1. The number of amides is 1. The van der Waals surface area contributed by atoms with Gasteiger partial charge in [0.05, 0.1) is 11.3 Å². The molecule has 0 saturated carbocycles. The van der Waals surface area contributed by atoms with Crippen molar-refractivity contribution < 1.29 is 9.90 Å². The quantitative estimate of drug-likeness (QED) is 0.781. The van der Waals surface area contributed by atoms with E-state index in [0.717, 1.165) is 5.56 Å². The average molecular weight is 353 g/mol. The fourth-order valence-corrected chi connectivity index (χ4v) is 3.32. The van der Waals surface area contributed by atoms with E-state index in [1.807, 2.05) is 41.5 Å². The zero-order valence-electron chi connectivity index (χ0n) is 13.3. The van der Waals surface area contributed by atoms with Crippen molar-refractivity contribution in [2.24, 2.45) is 0 Å². The number of nitrogens with zero attached hydrogens (tertiary/aromatic N) is 2. The van der Waals surface area contributed by atoms with Crippen molar-refractivity contribution in [3.05, 3.63) is 27.7 Å². The monoisotopic (exact) mass is 352 g/mol. The first kappa shape index (κ1) is 17.5. The van der Waals surface area contributed by atoms with E-state index < -0.39 is 11.6 Å². The predicted octanol–water partition coefficient (Wildman–Crippen LogP) is 4.90. The van der Waals surface area contributed by atoms with Gasteiger partial charge in [0.15, 0.2) is 0 Å². The van der Waals surface area contributed by atoms with Gasteiger partial charge >= 0.3 is 6.09 Å². The van der Waals surface area contributed by atoms with Gasteiger partial charge in [-0.1, -0.05) is 20.8 Å². The first-order chi connectivity index (χ1) is 9.41. The van der Waals surface area contributed by atoms with Crippen molar-refractivity contribution >= 4 is 27.7 Å². The number of nitriles is 1. The Morgan fingerprint density at radius 1 is 1.24 bits per heavy atom. The molecule has 0 aliphatic rings. The Morgan fingerprint density at radius 3 is 2.10 bits per heavy atom. The molecular weight excluding hydrogens is 332 g/mol. The second-order valence-corrected chi connectivity index (χ2v) is 7.76. The van der Waals surface area contributed by atoms with Gasteiger partial charge in [-0.05, 0) is 59.8 Å². The lowest BCUT2D eigenvalue weighted by molar-refractivity contribution is 0.195. The standard InChI is InChI=1S/C16H21BrN2O2/c1-15(2,3)12-11(8-7-10(9-18)13(12)17)19(14(20)21)16(4,5)6/h7-8H,1-6H3,(H,20,21). The molecule has 21 heavy (non-hydrogen) atoms. The molecule has 0 aliphatic carbocycles. The third kappa shape index (κ3) is 3.56. The van der Waals surface area contributed by atoms with E-state index in [1.165, 1.54) is 4.90 Å². The minimum absolute atomic E-state index is 0.306. The molecule has 1 amide bonds. The van der Waals surface area contributed by atoms with Gasteiger partial charge in [-0.15, -0.1) is 0 Å². The summed E-state index contributed by atoms with van der Waals surface area (Å²) in [6.07, 6.45) is -1.01. The highest BCUT2D eigenvalue weighted by atomic mass is 79.9. The van der Waals surface area contributed by atoms with Crippen LogP contribution in [0.2, 0.25) is 0 Å². The fourth-order valence-electron chi connectivity index (χ4n) is 2.30. The molecule has 4 nitrogen and oxygen atoms in total. The second-order valence-electron chi connectivity index (χ2n) is 6.97. The van der Waals surface area contributed by atoms with Crippen LogP contribution in [-0.4, -0.2) is 16.7 Å². The Hall–Kier alpha value is -1.54. The summed E-state index contributed by atoms with van der Waals surface area (Å²) in [7, 11) is 0. The third-order valence-electron chi connectivity index (χ3n) is 3.09. The van der Waals surface area contributed by atoms with Gasteiger partial charge in [-0.2, -0.15) is 5.26 Å². The van der Waals surface area contributed by atoms with Gasteiger partial charge < -0.3 is 5.11 Å². The molecular formula is C16H21BrN2O2. The number of carboxylic acid groups (broad SMARTS) is 1. The van der Waals surface area contributed by atoms with Crippen LogP contribution in [0.3, 0.4) is 0 Å². The van der Waals surface area contributed by atoms with Crippen LogP contribution in [0, 0.1) is 11.3 Å². The third-order valence-corrected chi connectivity index (χ3v) is 3.92. The van der Waals surface area contributed by atoms with Crippen LogP contribution in [0.15, 0.2) is 16.6 Å². The summed E-state index contributed by atoms with van der Waals surface area (Å²) in [4.78, 5) is 13.1. The Morgan fingerprint density at radius 2 is 1.76 bits per heavy atom. The molecule has 0 atom stereocenters. The van der Waals surface area contributed by atoms with E-state index in [0.29, 0.717) is 15.7 Å².